The summed E-state index contributed by atoms with van der Waals surface area (Å²) in [5.74, 6) is 0. The summed E-state index contributed by atoms with van der Waals surface area (Å²) >= 11 is 0. The number of nitrogens with zero attached hydrogens (tertiary/aromatic N) is 2. The van der Waals surface area contributed by atoms with Crippen molar-refractivity contribution < 1.29 is 0 Å². The van der Waals surface area contributed by atoms with Gasteiger partial charge in [0.1, 0.15) is 0 Å². The second-order valence-corrected chi connectivity index (χ2v) is 5.71. The predicted octanol–water partition coefficient (Wildman–Crippen LogP) is 2.27. The van der Waals surface area contributed by atoms with Crippen molar-refractivity contribution in [1.29, 1.82) is 0 Å². The minimum absolute atomic E-state index is 0.274. The molecule has 0 aliphatic carbocycles. The molecule has 0 heterocycles. The van der Waals surface area contributed by atoms with Crippen LogP contribution in [0.1, 0.15) is 24.5 Å². The Morgan fingerprint density at radius 2 is 1.84 bits per heavy atom. The highest BCUT2D eigenvalue weighted by Gasteiger charge is 2.07. The lowest BCUT2D eigenvalue weighted by atomic mass is 9.99. The SMILES string of the molecule is CCC(N)Cc1ccc(N(C)CCN(C)C)cc1C. The highest BCUT2D eigenvalue weighted by atomic mass is 15.1. The second kappa shape index (κ2) is 7.51. The molecule has 3 nitrogen and oxygen atoms in total. The molecule has 1 rings (SSSR count). The number of aryl methyl sites for hydroxylation is 1. The second-order valence-electron chi connectivity index (χ2n) is 5.71. The number of hydrogen-bond acceptors (Lipinski definition) is 3. The van der Waals surface area contributed by atoms with Crippen LogP contribution in [0, 0.1) is 6.92 Å². The van der Waals surface area contributed by atoms with Gasteiger partial charge in [0.25, 0.3) is 0 Å². The molecule has 1 aromatic rings. The lowest BCUT2D eigenvalue weighted by Crippen LogP contribution is -2.28. The van der Waals surface area contributed by atoms with Crippen LogP contribution in [0.4, 0.5) is 5.69 Å². The van der Waals surface area contributed by atoms with Crippen LogP contribution in [-0.4, -0.2) is 45.2 Å². The zero-order chi connectivity index (χ0) is 14.4. The van der Waals surface area contributed by atoms with E-state index in [0.29, 0.717) is 0 Å². The van der Waals surface area contributed by atoms with Gasteiger partial charge in [0, 0.05) is 31.9 Å². The summed E-state index contributed by atoms with van der Waals surface area (Å²) in [6.07, 6.45) is 2.01. The molecular formula is C16H29N3. The van der Waals surface area contributed by atoms with Gasteiger partial charge in [-0.2, -0.15) is 0 Å². The molecule has 1 aromatic carbocycles. The van der Waals surface area contributed by atoms with E-state index in [1.54, 1.807) is 0 Å². The largest absolute Gasteiger partial charge is 0.373 e. The Bertz CT molecular complexity index is 388. The summed E-state index contributed by atoms with van der Waals surface area (Å²) in [7, 11) is 6.36. The van der Waals surface area contributed by atoms with Gasteiger partial charge in [0.05, 0.1) is 0 Å². The molecule has 2 N–H and O–H groups in total. The van der Waals surface area contributed by atoms with Crippen molar-refractivity contribution in [1.82, 2.24) is 4.90 Å². The maximum absolute atomic E-state index is 6.04. The number of rotatable bonds is 7. The number of likely N-dealkylation sites (N-methyl/N-ethyl adjacent to an activating group) is 2. The van der Waals surface area contributed by atoms with Crippen LogP contribution in [0.2, 0.25) is 0 Å². The third-order valence-corrected chi connectivity index (χ3v) is 3.66. The molecule has 0 aromatic heterocycles. The normalized spacial score (nSPS) is 12.8. The Kier molecular flexibility index (Phi) is 6.32. The van der Waals surface area contributed by atoms with Crippen LogP contribution in [0.15, 0.2) is 18.2 Å². The molecular weight excluding hydrogens is 234 g/mol. The van der Waals surface area contributed by atoms with E-state index in [4.69, 9.17) is 5.73 Å². The van der Waals surface area contributed by atoms with Crippen molar-refractivity contribution in [2.45, 2.75) is 32.7 Å². The van der Waals surface area contributed by atoms with Gasteiger partial charge in [-0.1, -0.05) is 13.0 Å². The zero-order valence-corrected chi connectivity index (χ0v) is 13.1. The molecule has 19 heavy (non-hydrogen) atoms. The van der Waals surface area contributed by atoms with Crippen molar-refractivity contribution in [3.05, 3.63) is 29.3 Å². The van der Waals surface area contributed by atoms with Crippen molar-refractivity contribution in [2.24, 2.45) is 5.73 Å². The standard InChI is InChI=1S/C16H29N3/c1-6-15(17)12-14-7-8-16(11-13(14)2)19(5)10-9-18(3)4/h7-8,11,15H,6,9-10,12,17H2,1-5H3. The van der Waals surface area contributed by atoms with Crippen molar-refractivity contribution >= 4 is 5.69 Å². The molecule has 3 heteroatoms. The van der Waals surface area contributed by atoms with E-state index in [0.717, 1.165) is 25.9 Å². The highest BCUT2D eigenvalue weighted by Crippen LogP contribution is 2.19. The summed E-state index contributed by atoms with van der Waals surface area (Å²) < 4.78 is 0. The van der Waals surface area contributed by atoms with E-state index in [1.807, 2.05) is 0 Å². The maximum atomic E-state index is 6.04. The Morgan fingerprint density at radius 1 is 1.16 bits per heavy atom. The summed E-state index contributed by atoms with van der Waals surface area (Å²) in [4.78, 5) is 4.51. The molecule has 0 saturated heterocycles. The van der Waals surface area contributed by atoms with E-state index in [9.17, 15) is 0 Å². The first-order valence-electron chi connectivity index (χ1n) is 7.15. The molecule has 108 valence electrons. The van der Waals surface area contributed by atoms with Gasteiger partial charge in [-0.25, -0.2) is 0 Å². The summed E-state index contributed by atoms with van der Waals surface area (Å²) in [6.45, 7) is 6.43. The van der Waals surface area contributed by atoms with Gasteiger partial charge in [0.2, 0.25) is 0 Å². The van der Waals surface area contributed by atoms with Gasteiger partial charge in [-0.15, -0.1) is 0 Å². The van der Waals surface area contributed by atoms with Crippen LogP contribution in [-0.2, 0) is 6.42 Å². The van der Waals surface area contributed by atoms with Crippen molar-refractivity contribution in [3.8, 4) is 0 Å². The lowest BCUT2D eigenvalue weighted by Gasteiger charge is -2.23. The minimum Gasteiger partial charge on any atom is -0.373 e. The van der Waals surface area contributed by atoms with Crippen molar-refractivity contribution in [2.75, 3.05) is 39.1 Å². The van der Waals surface area contributed by atoms with Crippen LogP contribution in [0.5, 0.6) is 0 Å². The topological polar surface area (TPSA) is 32.5 Å². The van der Waals surface area contributed by atoms with Crippen LogP contribution in [0.25, 0.3) is 0 Å². The monoisotopic (exact) mass is 263 g/mol. The fourth-order valence-corrected chi connectivity index (χ4v) is 2.05. The van der Waals surface area contributed by atoms with Crippen LogP contribution >= 0.6 is 0 Å². The molecule has 0 fully saturated rings. The van der Waals surface area contributed by atoms with E-state index in [1.165, 1.54) is 16.8 Å². The smallest absolute Gasteiger partial charge is 0.0366 e. The Labute approximate surface area is 118 Å². The first-order valence-corrected chi connectivity index (χ1v) is 7.15. The summed E-state index contributed by atoms with van der Waals surface area (Å²) in [5.41, 5.74) is 10.0. The van der Waals surface area contributed by atoms with Crippen LogP contribution < -0.4 is 10.6 Å². The summed E-state index contributed by atoms with van der Waals surface area (Å²) in [6, 6.07) is 6.98. The van der Waals surface area contributed by atoms with E-state index in [-0.39, 0.29) is 6.04 Å². The van der Waals surface area contributed by atoms with Gasteiger partial charge in [-0.3, -0.25) is 0 Å². The molecule has 0 spiro atoms. The van der Waals surface area contributed by atoms with E-state index >= 15 is 0 Å². The highest BCUT2D eigenvalue weighted by molar-refractivity contribution is 5.50. The van der Waals surface area contributed by atoms with Gasteiger partial charge in [0.15, 0.2) is 0 Å². The Balaban J connectivity index is 2.70. The summed E-state index contributed by atoms with van der Waals surface area (Å²) in [5, 5.41) is 0. The van der Waals surface area contributed by atoms with Crippen LogP contribution in [0.3, 0.4) is 0 Å². The average molecular weight is 263 g/mol. The molecule has 0 aliphatic rings. The molecule has 0 radical (unpaired) electrons. The van der Waals surface area contributed by atoms with E-state index in [2.05, 4.69) is 63.0 Å². The van der Waals surface area contributed by atoms with Gasteiger partial charge < -0.3 is 15.5 Å². The zero-order valence-electron chi connectivity index (χ0n) is 13.1. The number of anilines is 1. The first kappa shape index (κ1) is 16.0. The minimum atomic E-state index is 0.274. The van der Waals surface area contributed by atoms with E-state index < -0.39 is 0 Å². The number of hydrogen-bond donors (Lipinski definition) is 1. The molecule has 0 amide bonds. The Morgan fingerprint density at radius 3 is 2.37 bits per heavy atom. The average Bonchev–Trinajstić information content (AvgIpc) is 2.37. The fraction of sp³-hybridized carbons (Fsp3) is 0.625. The fourth-order valence-electron chi connectivity index (χ4n) is 2.05. The number of benzene rings is 1. The maximum Gasteiger partial charge on any atom is 0.0366 e. The van der Waals surface area contributed by atoms with Gasteiger partial charge in [-0.05, 0) is 57.1 Å². The molecule has 0 bridgehead atoms. The third kappa shape index (κ3) is 5.21. The quantitative estimate of drug-likeness (QED) is 0.819. The lowest BCUT2D eigenvalue weighted by molar-refractivity contribution is 0.416. The number of nitrogens with two attached hydrogens (primary N) is 1. The first-order chi connectivity index (χ1) is 8.93. The Hall–Kier alpha value is -1.06. The molecule has 1 atom stereocenters. The molecule has 1 unspecified atom stereocenters. The molecule has 0 aliphatic heterocycles. The van der Waals surface area contributed by atoms with Gasteiger partial charge >= 0.3 is 0 Å². The molecule has 0 saturated carbocycles. The predicted molar refractivity (Wildman–Crippen MR) is 85.0 cm³/mol. The third-order valence-electron chi connectivity index (χ3n) is 3.66. The van der Waals surface area contributed by atoms with Crippen molar-refractivity contribution in [3.63, 3.8) is 0 Å².